The lowest BCUT2D eigenvalue weighted by molar-refractivity contribution is -0.160. The van der Waals surface area contributed by atoms with E-state index in [0.717, 1.165) is 0 Å². The van der Waals surface area contributed by atoms with Crippen molar-refractivity contribution >= 4 is 5.97 Å². The van der Waals surface area contributed by atoms with Crippen LogP contribution in [-0.4, -0.2) is 30.3 Å². The van der Waals surface area contributed by atoms with Crippen LogP contribution in [0.3, 0.4) is 0 Å². The van der Waals surface area contributed by atoms with Crippen molar-refractivity contribution in [2.75, 3.05) is 13.2 Å². The van der Waals surface area contributed by atoms with E-state index >= 15 is 0 Å². The Kier molecular flexibility index (Phi) is 4.20. The molecule has 0 radical (unpaired) electrons. The van der Waals surface area contributed by atoms with E-state index in [-0.39, 0.29) is 12.7 Å². The molecule has 0 aromatic heterocycles. The number of esters is 1. The average Bonchev–Trinajstić information content (AvgIpc) is 2.04. The van der Waals surface area contributed by atoms with Crippen LogP contribution in [0.25, 0.3) is 0 Å². The highest BCUT2D eigenvalue weighted by Crippen LogP contribution is 2.16. The summed E-state index contributed by atoms with van der Waals surface area (Å²) in [5, 5.41) is 8.82. The molecule has 3 N–H and O–H groups in total. The van der Waals surface area contributed by atoms with Crippen LogP contribution in [0, 0.1) is 5.41 Å². The summed E-state index contributed by atoms with van der Waals surface area (Å²) in [5.41, 5.74) is 4.44. The second-order valence-corrected chi connectivity index (χ2v) is 3.49. The standard InChI is InChI=1S/C8H17NO3/c1-6(4-9)12-7(11)8(2,3)5-10/h6,10H,4-5,9H2,1-3H3. The predicted molar refractivity (Wildman–Crippen MR) is 45.5 cm³/mol. The molecule has 4 heteroatoms. The van der Waals surface area contributed by atoms with Crippen LogP contribution in [0.5, 0.6) is 0 Å². The average molecular weight is 175 g/mol. The Hall–Kier alpha value is -0.610. The largest absolute Gasteiger partial charge is 0.461 e. The molecule has 0 heterocycles. The molecule has 0 aromatic carbocycles. The van der Waals surface area contributed by atoms with Crippen molar-refractivity contribution in [3.05, 3.63) is 0 Å². The van der Waals surface area contributed by atoms with E-state index in [9.17, 15) is 4.79 Å². The molecule has 0 fully saturated rings. The number of carbonyl (C=O) groups is 1. The first kappa shape index (κ1) is 11.4. The van der Waals surface area contributed by atoms with Gasteiger partial charge in [0.25, 0.3) is 0 Å². The van der Waals surface area contributed by atoms with Crippen molar-refractivity contribution in [2.24, 2.45) is 11.1 Å². The predicted octanol–water partition coefficient (Wildman–Crippen LogP) is -0.105. The molecule has 1 atom stereocenters. The van der Waals surface area contributed by atoms with Gasteiger partial charge >= 0.3 is 5.97 Å². The first-order chi connectivity index (χ1) is 5.44. The molecule has 4 nitrogen and oxygen atoms in total. The van der Waals surface area contributed by atoms with Crippen molar-refractivity contribution in [2.45, 2.75) is 26.9 Å². The number of hydrogen-bond donors (Lipinski definition) is 2. The van der Waals surface area contributed by atoms with Crippen molar-refractivity contribution < 1.29 is 14.6 Å². The molecule has 0 amide bonds. The number of hydrogen-bond acceptors (Lipinski definition) is 4. The zero-order valence-corrected chi connectivity index (χ0v) is 7.83. The molecular formula is C8H17NO3. The summed E-state index contributed by atoms with van der Waals surface area (Å²) in [6.07, 6.45) is -0.289. The van der Waals surface area contributed by atoms with Crippen LogP contribution in [0.15, 0.2) is 0 Å². The zero-order valence-electron chi connectivity index (χ0n) is 7.83. The molecule has 1 unspecified atom stereocenters. The van der Waals surface area contributed by atoms with E-state index in [4.69, 9.17) is 15.6 Å². The van der Waals surface area contributed by atoms with Gasteiger partial charge in [0.1, 0.15) is 6.10 Å². The Bertz CT molecular complexity index is 156. The number of aliphatic hydroxyl groups is 1. The smallest absolute Gasteiger partial charge is 0.314 e. The minimum absolute atomic E-state index is 0.219. The molecule has 0 aliphatic heterocycles. The lowest BCUT2D eigenvalue weighted by Gasteiger charge is -2.21. The van der Waals surface area contributed by atoms with Gasteiger partial charge in [0.15, 0.2) is 0 Å². The Morgan fingerprint density at radius 2 is 2.17 bits per heavy atom. The molecule has 0 aliphatic carbocycles. The van der Waals surface area contributed by atoms with Crippen LogP contribution in [0.2, 0.25) is 0 Å². The Labute approximate surface area is 72.7 Å². The molecular weight excluding hydrogens is 158 g/mol. The summed E-state index contributed by atoms with van der Waals surface area (Å²) >= 11 is 0. The van der Waals surface area contributed by atoms with Crippen LogP contribution < -0.4 is 5.73 Å². The topological polar surface area (TPSA) is 72.5 Å². The molecule has 0 saturated carbocycles. The van der Waals surface area contributed by atoms with Gasteiger partial charge in [0.2, 0.25) is 0 Å². The third-order valence-electron chi connectivity index (χ3n) is 1.59. The van der Waals surface area contributed by atoms with Crippen molar-refractivity contribution in [1.82, 2.24) is 0 Å². The summed E-state index contributed by atoms with van der Waals surface area (Å²) in [7, 11) is 0. The molecule has 0 spiro atoms. The van der Waals surface area contributed by atoms with Gasteiger partial charge in [-0.1, -0.05) is 0 Å². The van der Waals surface area contributed by atoms with E-state index in [2.05, 4.69) is 0 Å². The molecule has 0 saturated heterocycles. The first-order valence-electron chi connectivity index (χ1n) is 3.96. The van der Waals surface area contributed by atoms with Gasteiger partial charge in [-0.25, -0.2) is 0 Å². The summed E-state index contributed by atoms with van der Waals surface area (Å²) in [4.78, 5) is 11.2. The van der Waals surface area contributed by atoms with E-state index in [1.807, 2.05) is 0 Å². The summed E-state index contributed by atoms with van der Waals surface area (Å²) in [5.74, 6) is -0.414. The maximum absolute atomic E-state index is 11.2. The minimum Gasteiger partial charge on any atom is -0.461 e. The Morgan fingerprint density at radius 1 is 1.67 bits per heavy atom. The molecule has 0 aromatic rings. The normalized spacial score (nSPS) is 14.1. The third-order valence-corrected chi connectivity index (χ3v) is 1.59. The number of carbonyl (C=O) groups excluding carboxylic acids is 1. The number of nitrogens with two attached hydrogens (primary N) is 1. The van der Waals surface area contributed by atoms with E-state index in [1.54, 1.807) is 20.8 Å². The minimum atomic E-state index is -0.830. The van der Waals surface area contributed by atoms with Crippen LogP contribution >= 0.6 is 0 Å². The maximum Gasteiger partial charge on any atom is 0.314 e. The molecule has 72 valence electrons. The highest BCUT2D eigenvalue weighted by atomic mass is 16.5. The lowest BCUT2D eigenvalue weighted by Crippen LogP contribution is -2.34. The van der Waals surface area contributed by atoms with Gasteiger partial charge in [-0.3, -0.25) is 4.79 Å². The van der Waals surface area contributed by atoms with Gasteiger partial charge in [0.05, 0.1) is 12.0 Å². The molecule has 0 aliphatic rings. The molecule has 0 bridgehead atoms. The fraction of sp³-hybridized carbons (Fsp3) is 0.875. The van der Waals surface area contributed by atoms with Gasteiger partial charge in [-0.05, 0) is 20.8 Å². The monoisotopic (exact) mass is 175 g/mol. The first-order valence-corrected chi connectivity index (χ1v) is 3.96. The van der Waals surface area contributed by atoms with Gasteiger partial charge < -0.3 is 15.6 Å². The molecule has 12 heavy (non-hydrogen) atoms. The summed E-state index contributed by atoms with van der Waals surface area (Å²) in [6, 6.07) is 0. The SMILES string of the molecule is CC(CN)OC(=O)C(C)(C)CO. The second kappa shape index (κ2) is 4.42. The van der Waals surface area contributed by atoms with Crippen LogP contribution in [-0.2, 0) is 9.53 Å². The maximum atomic E-state index is 11.2. The van der Waals surface area contributed by atoms with Crippen LogP contribution in [0.4, 0.5) is 0 Å². The van der Waals surface area contributed by atoms with Gasteiger partial charge in [-0.2, -0.15) is 0 Å². The summed E-state index contributed by atoms with van der Waals surface area (Å²) in [6.45, 7) is 5.04. The Balaban J connectivity index is 4.03. The van der Waals surface area contributed by atoms with E-state index in [0.29, 0.717) is 6.54 Å². The van der Waals surface area contributed by atoms with Crippen molar-refractivity contribution in [3.8, 4) is 0 Å². The van der Waals surface area contributed by atoms with Gasteiger partial charge in [-0.15, -0.1) is 0 Å². The Morgan fingerprint density at radius 3 is 2.50 bits per heavy atom. The quantitative estimate of drug-likeness (QED) is 0.585. The fourth-order valence-corrected chi connectivity index (χ4v) is 0.455. The lowest BCUT2D eigenvalue weighted by atomic mass is 9.95. The van der Waals surface area contributed by atoms with Crippen molar-refractivity contribution in [1.29, 1.82) is 0 Å². The number of ether oxygens (including phenoxy) is 1. The summed E-state index contributed by atoms with van der Waals surface area (Å²) < 4.78 is 4.93. The van der Waals surface area contributed by atoms with E-state index in [1.165, 1.54) is 0 Å². The number of aliphatic hydroxyl groups excluding tert-OH is 1. The second-order valence-electron chi connectivity index (χ2n) is 3.49. The number of rotatable bonds is 4. The van der Waals surface area contributed by atoms with Crippen LogP contribution in [0.1, 0.15) is 20.8 Å². The highest BCUT2D eigenvalue weighted by Gasteiger charge is 2.29. The fourth-order valence-electron chi connectivity index (χ4n) is 0.455. The zero-order chi connectivity index (χ0) is 9.78. The van der Waals surface area contributed by atoms with Gasteiger partial charge in [0, 0.05) is 6.54 Å². The highest BCUT2D eigenvalue weighted by molar-refractivity contribution is 5.76. The van der Waals surface area contributed by atoms with E-state index < -0.39 is 11.4 Å². The van der Waals surface area contributed by atoms with Crippen molar-refractivity contribution in [3.63, 3.8) is 0 Å². The molecule has 0 rings (SSSR count). The third kappa shape index (κ3) is 3.19.